The highest BCUT2D eigenvalue weighted by molar-refractivity contribution is 7.18. The fourth-order valence-electron chi connectivity index (χ4n) is 5.71. The zero-order valence-corrected chi connectivity index (χ0v) is 24.5. The minimum Gasteiger partial charge on any atom is -0.490 e. The van der Waals surface area contributed by atoms with Gasteiger partial charge < -0.3 is 19.4 Å². The Morgan fingerprint density at radius 3 is 2.75 bits per heavy atom. The molecule has 7 rings (SSSR count). The smallest absolute Gasteiger partial charge is 0.345 e. The van der Waals surface area contributed by atoms with Gasteiger partial charge in [0.05, 0.1) is 47.5 Å². The molecule has 8 nitrogen and oxygen atoms in total. The lowest BCUT2D eigenvalue weighted by Gasteiger charge is -2.21. The Kier molecular flexibility index (Phi) is 7.31. The van der Waals surface area contributed by atoms with Gasteiger partial charge in [0.15, 0.2) is 0 Å². The average molecular weight is 623 g/mol. The normalized spacial score (nSPS) is 15.0. The Labute approximate surface area is 252 Å². The number of aryl methyl sites for hydroxylation is 1. The first-order valence-electron chi connectivity index (χ1n) is 13.9. The zero-order chi connectivity index (χ0) is 30.5. The number of aromatic nitrogens is 5. The van der Waals surface area contributed by atoms with Crippen molar-refractivity contribution >= 4 is 32.5 Å². The number of hydrogen-bond donors (Lipinski definition) is 1. The standard InChI is InChI=1S/C31H26F4N6O2S/c1-16-24-14-22(39-41(24)7-6-36-16)29-27(26-20(33)12-18(32)13-25(26)42-8-9-43-31(34)35)30-19(5-10-44-30)28(38-29)17-3-4-23-21(11-17)37-15-40(23)2/h3-5,10-16,31,36H,6-9H2,1-2H3/t16-/m1/s1. The van der Waals surface area contributed by atoms with E-state index in [0.717, 1.165) is 46.4 Å². The quantitative estimate of drug-likeness (QED) is 0.146. The molecule has 0 unspecified atom stereocenters. The molecule has 0 bridgehead atoms. The molecule has 44 heavy (non-hydrogen) atoms. The number of halogens is 4. The summed E-state index contributed by atoms with van der Waals surface area (Å²) in [5, 5.41) is 10.9. The predicted molar refractivity (Wildman–Crippen MR) is 160 cm³/mol. The molecule has 5 heterocycles. The second kappa shape index (κ2) is 11.3. The van der Waals surface area contributed by atoms with E-state index in [4.69, 9.17) is 14.8 Å². The van der Waals surface area contributed by atoms with Gasteiger partial charge in [-0.1, -0.05) is 6.07 Å². The van der Waals surface area contributed by atoms with Gasteiger partial charge in [-0.2, -0.15) is 13.9 Å². The predicted octanol–water partition coefficient (Wildman–Crippen LogP) is 6.94. The molecule has 0 saturated heterocycles. The van der Waals surface area contributed by atoms with Crippen LogP contribution in [0.25, 0.3) is 54.9 Å². The zero-order valence-electron chi connectivity index (χ0n) is 23.7. The molecule has 2 aromatic carbocycles. The first-order valence-corrected chi connectivity index (χ1v) is 14.8. The van der Waals surface area contributed by atoms with Crippen LogP contribution in [-0.2, 0) is 18.3 Å². The summed E-state index contributed by atoms with van der Waals surface area (Å²) in [7, 11) is 1.92. The Balaban J connectivity index is 1.48. The molecule has 1 atom stereocenters. The molecular weight excluding hydrogens is 596 g/mol. The van der Waals surface area contributed by atoms with Crippen LogP contribution in [0, 0.1) is 11.6 Å². The number of nitrogens with zero attached hydrogens (tertiary/aromatic N) is 5. The van der Waals surface area contributed by atoms with Gasteiger partial charge in [0, 0.05) is 53.0 Å². The Bertz CT molecular complexity index is 2020. The topological polar surface area (TPSA) is 79.0 Å². The molecule has 13 heteroatoms. The van der Waals surface area contributed by atoms with Gasteiger partial charge in [0.1, 0.15) is 35.4 Å². The Morgan fingerprint density at radius 1 is 1.07 bits per heavy atom. The molecule has 1 N–H and O–H groups in total. The lowest BCUT2D eigenvalue weighted by Crippen LogP contribution is -2.31. The first kappa shape index (κ1) is 28.4. The van der Waals surface area contributed by atoms with Crippen LogP contribution in [0.5, 0.6) is 5.75 Å². The van der Waals surface area contributed by atoms with Crippen molar-refractivity contribution in [2.24, 2.45) is 7.05 Å². The van der Waals surface area contributed by atoms with Gasteiger partial charge in [-0.05, 0) is 36.6 Å². The highest BCUT2D eigenvalue weighted by Gasteiger charge is 2.28. The van der Waals surface area contributed by atoms with Crippen LogP contribution in [0.2, 0.25) is 0 Å². The number of nitrogens with one attached hydrogen (secondary N) is 1. The van der Waals surface area contributed by atoms with E-state index in [1.807, 2.05) is 58.9 Å². The molecular formula is C31H26F4N6O2S. The average Bonchev–Trinajstić information content (AvgIpc) is 3.74. The molecule has 0 amide bonds. The van der Waals surface area contributed by atoms with E-state index in [-0.39, 0.29) is 24.0 Å². The number of pyridine rings is 1. The van der Waals surface area contributed by atoms with Crippen LogP contribution in [0.3, 0.4) is 0 Å². The van der Waals surface area contributed by atoms with E-state index in [2.05, 4.69) is 15.0 Å². The van der Waals surface area contributed by atoms with Crippen molar-refractivity contribution in [3.05, 3.63) is 71.5 Å². The van der Waals surface area contributed by atoms with Crippen LogP contribution < -0.4 is 10.1 Å². The van der Waals surface area contributed by atoms with Gasteiger partial charge in [0.2, 0.25) is 0 Å². The van der Waals surface area contributed by atoms with Gasteiger partial charge in [0.25, 0.3) is 0 Å². The van der Waals surface area contributed by atoms with Gasteiger partial charge in [-0.3, -0.25) is 4.68 Å². The molecule has 4 aromatic heterocycles. The number of rotatable bonds is 8. The largest absolute Gasteiger partial charge is 0.490 e. The van der Waals surface area contributed by atoms with Crippen LogP contribution in [-0.4, -0.2) is 50.7 Å². The van der Waals surface area contributed by atoms with Gasteiger partial charge in [-0.15, -0.1) is 11.3 Å². The third-order valence-corrected chi connectivity index (χ3v) is 8.66. The van der Waals surface area contributed by atoms with Crippen LogP contribution in [0.15, 0.2) is 54.2 Å². The van der Waals surface area contributed by atoms with Crippen molar-refractivity contribution in [3.8, 4) is 39.5 Å². The third kappa shape index (κ3) is 5.00. The van der Waals surface area contributed by atoms with E-state index in [0.29, 0.717) is 33.9 Å². The van der Waals surface area contributed by atoms with Crippen molar-refractivity contribution in [2.45, 2.75) is 26.1 Å². The molecule has 1 aliphatic heterocycles. The highest BCUT2D eigenvalue weighted by Crippen LogP contribution is 2.47. The van der Waals surface area contributed by atoms with Gasteiger partial charge in [-0.25, -0.2) is 18.7 Å². The number of hydrogen-bond acceptors (Lipinski definition) is 7. The summed E-state index contributed by atoms with van der Waals surface area (Å²) in [5.74, 6) is -1.90. The SMILES string of the molecule is C[C@H]1NCCn2nc(-c3nc(-c4ccc5c(c4)ncn5C)c4ccsc4c3-c3c(F)cc(F)cc3OCCOC(F)F)cc21. The Morgan fingerprint density at radius 2 is 1.93 bits per heavy atom. The molecule has 226 valence electrons. The molecule has 0 radical (unpaired) electrons. The van der Waals surface area contributed by atoms with E-state index in [1.165, 1.54) is 11.3 Å². The summed E-state index contributed by atoms with van der Waals surface area (Å²) in [5.41, 5.74) is 5.39. The van der Waals surface area contributed by atoms with Crippen molar-refractivity contribution in [1.82, 2.24) is 29.6 Å². The summed E-state index contributed by atoms with van der Waals surface area (Å²) in [6.45, 7) is -0.398. The Hall–Kier alpha value is -4.33. The maximum Gasteiger partial charge on any atom is 0.345 e. The van der Waals surface area contributed by atoms with E-state index in [1.54, 1.807) is 6.33 Å². The fourth-order valence-corrected chi connectivity index (χ4v) is 6.66. The molecule has 6 aromatic rings. The minimum atomic E-state index is -2.99. The number of ether oxygens (including phenoxy) is 2. The number of benzene rings is 2. The number of thiophene rings is 1. The van der Waals surface area contributed by atoms with E-state index < -0.39 is 24.9 Å². The number of imidazole rings is 1. The van der Waals surface area contributed by atoms with Gasteiger partial charge >= 0.3 is 6.61 Å². The summed E-state index contributed by atoms with van der Waals surface area (Å²) in [6, 6.07) is 11.6. The molecule has 0 spiro atoms. The number of alkyl halides is 2. The van der Waals surface area contributed by atoms with E-state index in [9.17, 15) is 13.2 Å². The molecule has 0 saturated carbocycles. The van der Waals surface area contributed by atoms with Crippen LogP contribution >= 0.6 is 11.3 Å². The summed E-state index contributed by atoms with van der Waals surface area (Å²) < 4.78 is 70.1. The second-order valence-corrected chi connectivity index (χ2v) is 11.4. The number of fused-ring (bicyclic) bond motifs is 3. The summed E-state index contributed by atoms with van der Waals surface area (Å²) in [4.78, 5) is 9.64. The van der Waals surface area contributed by atoms with Crippen molar-refractivity contribution in [2.75, 3.05) is 19.8 Å². The minimum absolute atomic E-state index is 0.0289. The van der Waals surface area contributed by atoms with Crippen molar-refractivity contribution < 1.29 is 27.0 Å². The summed E-state index contributed by atoms with van der Waals surface area (Å²) >= 11 is 1.38. The van der Waals surface area contributed by atoms with Crippen LogP contribution in [0.1, 0.15) is 18.7 Å². The van der Waals surface area contributed by atoms with E-state index >= 15 is 4.39 Å². The van der Waals surface area contributed by atoms with Crippen LogP contribution in [0.4, 0.5) is 17.6 Å². The molecule has 0 fully saturated rings. The molecule has 0 aliphatic carbocycles. The molecule has 1 aliphatic rings. The fraction of sp³-hybridized carbons (Fsp3) is 0.258. The maximum absolute atomic E-state index is 15.9. The first-order chi connectivity index (χ1) is 21.3. The highest BCUT2D eigenvalue weighted by atomic mass is 32.1. The lowest BCUT2D eigenvalue weighted by molar-refractivity contribution is -0.133. The summed E-state index contributed by atoms with van der Waals surface area (Å²) in [6.07, 6.45) is 1.74. The lowest BCUT2D eigenvalue weighted by atomic mass is 9.96. The monoisotopic (exact) mass is 622 g/mol. The van der Waals surface area contributed by atoms with Crippen molar-refractivity contribution in [3.63, 3.8) is 0 Å². The third-order valence-electron chi connectivity index (χ3n) is 7.73. The second-order valence-electron chi connectivity index (χ2n) is 10.5. The van der Waals surface area contributed by atoms with Crippen molar-refractivity contribution in [1.29, 1.82) is 0 Å². The maximum atomic E-state index is 15.9.